The Morgan fingerprint density at radius 3 is 2.16 bits per heavy atom. The van der Waals surface area contributed by atoms with Gasteiger partial charge in [0.2, 0.25) is 0 Å². The minimum absolute atomic E-state index is 0.231. The highest BCUT2D eigenvalue weighted by Crippen LogP contribution is 2.49. The van der Waals surface area contributed by atoms with Gasteiger partial charge in [0, 0.05) is 34.7 Å². The first-order valence-corrected chi connectivity index (χ1v) is 13.2. The molecule has 0 fully saturated rings. The Hall–Kier alpha value is -1.83. The summed E-state index contributed by atoms with van der Waals surface area (Å²) in [6, 6.07) is 11.7. The van der Waals surface area contributed by atoms with E-state index in [4.69, 9.17) is 0 Å². The zero-order valence-electron chi connectivity index (χ0n) is 21.6. The molecular weight excluding hydrogens is 388 g/mol. The van der Waals surface area contributed by atoms with E-state index in [0.29, 0.717) is 11.5 Å². The van der Waals surface area contributed by atoms with Crippen LogP contribution in [-0.4, -0.2) is 9.55 Å². The lowest BCUT2D eigenvalue weighted by atomic mass is 9.68. The first-order valence-electron chi connectivity index (χ1n) is 13.2. The number of para-hydroxylation sites is 1. The van der Waals surface area contributed by atoms with Gasteiger partial charge in [-0.15, -0.1) is 0 Å². The van der Waals surface area contributed by atoms with Gasteiger partial charge in [0.15, 0.2) is 0 Å². The highest BCUT2D eigenvalue weighted by molar-refractivity contribution is 6.07. The van der Waals surface area contributed by atoms with Crippen LogP contribution in [0.25, 0.3) is 21.8 Å². The Bertz CT molecular complexity index is 922. The largest absolute Gasteiger partial charge is 0.337 e. The van der Waals surface area contributed by atoms with Crippen molar-refractivity contribution in [1.82, 2.24) is 9.55 Å². The molecule has 0 radical (unpaired) electrons. The molecule has 0 aliphatic carbocycles. The predicted octanol–water partition coefficient (Wildman–Crippen LogP) is 9.72. The molecule has 2 heteroatoms. The molecule has 2 aromatic heterocycles. The Morgan fingerprint density at radius 2 is 1.47 bits per heavy atom. The molecule has 0 aliphatic rings. The number of hydrogen-bond acceptors (Lipinski definition) is 1. The van der Waals surface area contributed by atoms with Crippen LogP contribution < -0.4 is 0 Å². The van der Waals surface area contributed by atoms with E-state index >= 15 is 0 Å². The number of fused-ring (bicyclic) bond motifs is 3. The second kappa shape index (κ2) is 10.9. The van der Waals surface area contributed by atoms with Gasteiger partial charge in [0.05, 0.1) is 5.52 Å². The smallest absolute Gasteiger partial charge is 0.0525 e. The Balaban J connectivity index is 2.14. The fourth-order valence-corrected chi connectivity index (χ4v) is 6.08. The van der Waals surface area contributed by atoms with Gasteiger partial charge in [0.1, 0.15) is 0 Å². The summed E-state index contributed by atoms with van der Waals surface area (Å²) < 4.78 is 2.70. The van der Waals surface area contributed by atoms with Crippen molar-refractivity contribution < 1.29 is 0 Å². The fraction of sp³-hybridized carbons (Fsp3) is 0.633. The summed E-state index contributed by atoms with van der Waals surface area (Å²) in [6.07, 6.45) is 17.0. The lowest BCUT2D eigenvalue weighted by Crippen LogP contribution is -2.33. The maximum Gasteiger partial charge on any atom is 0.0525 e. The lowest BCUT2D eigenvalue weighted by molar-refractivity contribution is 0.114. The van der Waals surface area contributed by atoms with Gasteiger partial charge >= 0.3 is 0 Å². The van der Waals surface area contributed by atoms with Gasteiger partial charge < -0.3 is 4.57 Å². The van der Waals surface area contributed by atoms with Gasteiger partial charge in [-0.25, -0.2) is 0 Å². The van der Waals surface area contributed by atoms with Crippen LogP contribution in [0.15, 0.2) is 42.7 Å². The van der Waals surface area contributed by atoms with Crippen molar-refractivity contribution in [2.75, 3.05) is 0 Å². The first-order chi connectivity index (χ1) is 15.4. The molecule has 0 saturated heterocycles. The third kappa shape index (κ3) is 5.38. The summed E-state index contributed by atoms with van der Waals surface area (Å²) in [5.74, 6) is 0. The number of pyridine rings is 1. The van der Waals surface area contributed by atoms with E-state index in [-0.39, 0.29) is 5.41 Å². The van der Waals surface area contributed by atoms with E-state index in [9.17, 15) is 0 Å². The van der Waals surface area contributed by atoms with Crippen molar-refractivity contribution in [2.45, 2.75) is 112 Å². The average Bonchev–Trinajstić information content (AvgIpc) is 3.10. The third-order valence-electron chi connectivity index (χ3n) is 7.79. The quantitative estimate of drug-likeness (QED) is 0.245. The molecule has 32 heavy (non-hydrogen) atoms. The van der Waals surface area contributed by atoms with Gasteiger partial charge in [-0.1, -0.05) is 98.3 Å². The molecular formula is C30H46N2. The highest BCUT2D eigenvalue weighted by Gasteiger charge is 2.37. The van der Waals surface area contributed by atoms with Gasteiger partial charge in [-0.05, 0) is 48.6 Å². The van der Waals surface area contributed by atoms with E-state index in [1.807, 2.05) is 6.20 Å². The molecule has 3 aromatic rings. The van der Waals surface area contributed by atoms with Crippen molar-refractivity contribution >= 4 is 21.8 Å². The normalized spacial score (nSPS) is 13.8. The van der Waals surface area contributed by atoms with Crippen LogP contribution in [0, 0.1) is 10.8 Å². The van der Waals surface area contributed by atoms with Crippen molar-refractivity contribution in [3.05, 3.63) is 42.7 Å². The van der Waals surface area contributed by atoms with Crippen LogP contribution in [0.3, 0.4) is 0 Å². The summed E-state index contributed by atoms with van der Waals surface area (Å²) in [7, 11) is 0. The number of benzene rings is 1. The Morgan fingerprint density at radius 1 is 0.781 bits per heavy atom. The minimum Gasteiger partial charge on any atom is -0.337 e. The summed E-state index contributed by atoms with van der Waals surface area (Å²) in [5.41, 5.74) is 3.33. The molecule has 0 N–H and O–H groups in total. The third-order valence-corrected chi connectivity index (χ3v) is 7.79. The van der Waals surface area contributed by atoms with E-state index in [2.05, 4.69) is 87.6 Å². The maximum absolute atomic E-state index is 4.49. The molecule has 0 spiro atoms. The molecule has 2 heterocycles. The minimum atomic E-state index is 0.231. The number of aromatic nitrogens is 2. The van der Waals surface area contributed by atoms with Crippen molar-refractivity contribution in [3.8, 4) is 0 Å². The van der Waals surface area contributed by atoms with E-state index in [1.54, 1.807) is 0 Å². The Kier molecular flexibility index (Phi) is 8.42. The monoisotopic (exact) mass is 434 g/mol. The van der Waals surface area contributed by atoms with Crippen molar-refractivity contribution in [3.63, 3.8) is 0 Å². The predicted molar refractivity (Wildman–Crippen MR) is 141 cm³/mol. The van der Waals surface area contributed by atoms with Crippen molar-refractivity contribution in [1.29, 1.82) is 0 Å². The van der Waals surface area contributed by atoms with E-state index < -0.39 is 0 Å². The molecule has 0 amide bonds. The fourth-order valence-electron chi connectivity index (χ4n) is 6.08. The maximum atomic E-state index is 4.49. The van der Waals surface area contributed by atoms with Gasteiger partial charge in [-0.2, -0.15) is 0 Å². The molecule has 1 aromatic carbocycles. The van der Waals surface area contributed by atoms with Gasteiger partial charge in [-0.3, -0.25) is 4.98 Å². The molecule has 3 rings (SSSR count). The second-order valence-corrected chi connectivity index (χ2v) is 11.1. The molecule has 0 saturated carbocycles. The van der Waals surface area contributed by atoms with Gasteiger partial charge in [0.25, 0.3) is 0 Å². The molecule has 176 valence electrons. The topological polar surface area (TPSA) is 17.8 Å². The van der Waals surface area contributed by atoms with Crippen LogP contribution in [0.5, 0.6) is 0 Å². The average molecular weight is 435 g/mol. The van der Waals surface area contributed by atoms with Crippen LogP contribution in [0.1, 0.15) is 112 Å². The van der Waals surface area contributed by atoms with E-state index in [0.717, 1.165) is 0 Å². The van der Waals surface area contributed by atoms with Crippen LogP contribution in [-0.2, 0) is 0 Å². The van der Waals surface area contributed by atoms with E-state index in [1.165, 1.54) is 86.0 Å². The Labute approximate surface area is 196 Å². The SMILES string of the molecule is CCCCCCC(C)(C)C(CC(C)(CCC)CCC)n1c2ccccc2c2cnccc21. The summed E-state index contributed by atoms with van der Waals surface area (Å²) in [6.45, 7) is 14.6. The summed E-state index contributed by atoms with van der Waals surface area (Å²) >= 11 is 0. The highest BCUT2D eigenvalue weighted by atomic mass is 15.0. The number of hydrogen-bond donors (Lipinski definition) is 0. The standard InChI is InChI=1S/C30H46N2/c1-7-10-11-14-20-29(4,5)28(22-30(6,18-8-2)19-9-3)32-26-16-13-12-15-24(26)25-23-31-21-17-27(25)32/h12-13,15-17,21,23,28H,7-11,14,18-20,22H2,1-6H3. The molecule has 0 aliphatic heterocycles. The molecule has 1 unspecified atom stereocenters. The number of unbranched alkanes of at least 4 members (excludes halogenated alkanes) is 3. The van der Waals surface area contributed by atoms with Crippen molar-refractivity contribution in [2.24, 2.45) is 10.8 Å². The van der Waals surface area contributed by atoms with Crippen LogP contribution >= 0.6 is 0 Å². The van der Waals surface area contributed by atoms with Crippen LogP contribution in [0.4, 0.5) is 0 Å². The number of rotatable bonds is 13. The molecule has 0 bridgehead atoms. The zero-order valence-corrected chi connectivity index (χ0v) is 21.6. The lowest BCUT2D eigenvalue weighted by Gasteiger charge is -2.43. The molecule has 1 atom stereocenters. The second-order valence-electron chi connectivity index (χ2n) is 11.1. The zero-order chi connectivity index (χ0) is 23.2. The summed E-state index contributed by atoms with van der Waals surface area (Å²) in [4.78, 5) is 4.49. The first kappa shape index (κ1) is 24.8. The molecule has 2 nitrogen and oxygen atoms in total. The number of nitrogens with zero attached hydrogens (tertiary/aromatic N) is 2. The van der Waals surface area contributed by atoms with Crippen LogP contribution in [0.2, 0.25) is 0 Å². The summed E-state index contributed by atoms with van der Waals surface area (Å²) in [5, 5.41) is 2.64.